The molecule has 0 aliphatic rings. The number of fused-ring (bicyclic) bond motifs is 1. The Hall–Kier alpha value is -1.90. The summed E-state index contributed by atoms with van der Waals surface area (Å²) in [6, 6.07) is 0.790. The molecule has 3 N–H and O–H groups in total. The fraction of sp³-hybridized carbons (Fsp3) is 0.467. The van der Waals surface area contributed by atoms with Gasteiger partial charge in [0, 0.05) is 14.1 Å². The van der Waals surface area contributed by atoms with Crippen molar-refractivity contribution in [1.29, 1.82) is 0 Å². The predicted molar refractivity (Wildman–Crippen MR) is 103 cm³/mol. The zero-order valence-electron chi connectivity index (χ0n) is 14.7. The minimum atomic E-state index is -0.707. The number of carbonyl (C=O) groups is 1. The van der Waals surface area contributed by atoms with Crippen molar-refractivity contribution >= 4 is 47.4 Å². The number of aryl methyl sites for hydroxylation is 1. The van der Waals surface area contributed by atoms with Gasteiger partial charge in [0.1, 0.15) is 5.65 Å². The van der Waals surface area contributed by atoms with Crippen LogP contribution in [-0.4, -0.2) is 26.1 Å². The van der Waals surface area contributed by atoms with E-state index in [1.54, 1.807) is 0 Å². The number of anilines is 1. The highest BCUT2D eigenvalue weighted by Gasteiger charge is 2.27. The van der Waals surface area contributed by atoms with Gasteiger partial charge in [-0.1, -0.05) is 20.8 Å². The molecule has 0 saturated heterocycles. The number of nitrogens with zero attached hydrogens (tertiary/aromatic N) is 3. The van der Waals surface area contributed by atoms with Crippen molar-refractivity contribution < 1.29 is 4.79 Å². The molecule has 0 saturated carbocycles. The van der Waals surface area contributed by atoms with Crippen LogP contribution in [-0.2, 0) is 18.9 Å². The Bertz CT molecular complexity index is 899. The Morgan fingerprint density at radius 3 is 2.28 bits per heavy atom. The van der Waals surface area contributed by atoms with Gasteiger partial charge in [0.2, 0.25) is 5.91 Å². The summed E-state index contributed by atoms with van der Waals surface area (Å²) in [5, 5.41) is 2.91. The van der Waals surface area contributed by atoms with Crippen molar-refractivity contribution in [3.63, 3.8) is 0 Å². The van der Waals surface area contributed by atoms with Crippen LogP contribution in [0, 0.1) is 5.41 Å². The van der Waals surface area contributed by atoms with Crippen molar-refractivity contribution in [3.05, 3.63) is 33.1 Å². The molecule has 0 bridgehead atoms. The lowest BCUT2D eigenvalue weighted by Crippen LogP contribution is -2.45. The first-order valence-electron chi connectivity index (χ1n) is 7.16. The molecule has 2 rings (SSSR count). The fourth-order valence-corrected chi connectivity index (χ4v) is 2.15. The second kappa shape index (κ2) is 7.99. The Morgan fingerprint density at radius 1 is 1.20 bits per heavy atom. The number of carbonyl (C=O) groups excluding carboxylic acids is 1. The van der Waals surface area contributed by atoms with Crippen LogP contribution in [0.1, 0.15) is 20.8 Å². The molecular formula is C15H23Cl2N5O3. The van der Waals surface area contributed by atoms with E-state index < -0.39 is 22.7 Å². The van der Waals surface area contributed by atoms with Gasteiger partial charge < -0.3 is 11.1 Å². The lowest BCUT2D eigenvalue weighted by Gasteiger charge is -2.25. The van der Waals surface area contributed by atoms with Gasteiger partial charge in [-0.25, -0.2) is 9.78 Å². The van der Waals surface area contributed by atoms with Crippen molar-refractivity contribution in [2.45, 2.75) is 26.8 Å². The fourth-order valence-electron chi connectivity index (χ4n) is 2.15. The molecule has 0 spiro atoms. The lowest BCUT2D eigenvalue weighted by molar-refractivity contribution is -0.119. The monoisotopic (exact) mass is 391 g/mol. The topological polar surface area (TPSA) is 112 Å². The van der Waals surface area contributed by atoms with Crippen molar-refractivity contribution in [2.75, 3.05) is 5.32 Å². The summed E-state index contributed by atoms with van der Waals surface area (Å²) < 4.78 is 2.28. The average Bonchev–Trinajstić information content (AvgIpc) is 2.49. The summed E-state index contributed by atoms with van der Waals surface area (Å²) in [5.41, 5.74) is 5.21. The quantitative estimate of drug-likeness (QED) is 0.785. The van der Waals surface area contributed by atoms with E-state index in [0.29, 0.717) is 5.69 Å². The van der Waals surface area contributed by atoms with E-state index in [9.17, 15) is 14.4 Å². The zero-order valence-corrected chi connectivity index (χ0v) is 16.3. The average molecular weight is 392 g/mol. The normalized spacial score (nSPS) is 12.1. The molecular weight excluding hydrogens is 369 g/mol. The first-order chi connectivity index (χ1) is 10.5. The Morgan fingerprint density at radius 2 is 1.76 bits per heavy atom. The minimum Gasteiger partial charge on any atom is -0.323 e. The van der Waals surface area contributed by atoms with E-state index in [2.05, 4.69) is 10.3 Å². The van der Waals surface area contributed by atoms with Crippen LogP contribution in [0.4, 0.5) is 5.69 Å². The van der Waals surface area contributed by atoms with Gasteiger partial charge in [-0.2, -0.15) is 0 Å². The highest BCUT2D eigenvalue weighted by Crippen LogP contribution is 2.19. The van der Waals surface area contributed by atoms with Gasteiger partial charge in [0.05, 0.1) is 23.3 Å². The maximum atomic E-state index is 12.2. The first-order valence-corrected chi connectivity index (χ1v) is 7.16. The molecule has 8 nitrogen and oxygen atoms in total. The molecule has 0 aliphatic carbocycles. The molecule has 140 valence electrons. The summed E-state index contributed by atoms with van der Waals surface area (Å²) in [4.78, 5) is 40.3. The van der Waals surface area contributed by atoms with Gasteiger partial charge in [0.15, 0.2) is 0 Å². The third kappa shape index (κ3) is 4.39. The van der Waals surface area contributed by atoms with Gasteiger partial charge in [-0.3, -0.25) is 18.7 Å². The van der Waals surface area contributed by atoms with Gasteiger partial charge in [-0.15, -0.1) is 24.8 Å². The molecule has 0 fully saturated rings. The number of hydrogen-bond donors (Lipinski definition) is 2. The standard InChI is InChI=1S/C15H21N5O3.2ClH/c1-15(2,3)10(16)12(21)18-8-6-9-11(17-7-8)19(4)14(23)20(5)13(9)22;;/h6-7,10H,16H2,1-5H3,(H,18,21);2*1H/t10-;;/m1../s1. The van der Waals surface area contributed by atoms with Crippen LogP contribution in [0.25, 0.3) is 11.0 Å². The largest absolute Gasteiger partial charge is 0.332 e. The molecule has 0 radical (unpaired) electrons. The van der Waals surface area contributed by atoms with Crippen LogP contribution in [0.3, 0.4) is 0 Å². The van der Waals surface area contributed by atoms with E-state index >= 15 is 0 Å². The molecule has 2 aromatic heterocycles. The number of nitrogens with two attached hydrogens (primary N) is 1. The number of aromatic nitrogens is 3. The SMILES string of the molecule is Cl.Cl.Cn1c(=O)c2cc(NC(=O)[C@@H](N)C(C)(C)C)cnc2n(C)c1=O. The van der Waals surface area contributed by atoms with Crippen LogP contribution >= 0.6 is 24.8 Å². The predicted octanol–water partition coefficient (Wildman–Crippen LogP) is 0.788. The Labute approximate surface area is 157 Å². The van der Waals surface area contributed by atoms with E-state index in [0.717, 1.165) is 4.57 Å². The highest BCUT2D eigenvalue weighted by atomic mass is 35.5. The third-order valence-electron chi connectivity index (χ3n) is 3.78. The van der Waals surface area contributed by atoms with Crippen LogP contribution < -0.4 is 22.3 Å². The Balaban J connectivity index is 0.00000288. The molecule has 25 heavy (non-hydrogen) atoms. The van der Waals surface area contributed by atoms with Gasteiger partial charge >= 0.3 is 5.69 Å². The lowest BCUT2D eigenvalue weighted by atomic mass is 9.87. The van der Waals surface area contributed by atoms with E-state index in [-0.39, 0.29) is 41.8 Å². The highest BCUT2D eigenvalue weighted by molar-refractivity contribution is 5.96. The molecule has 10 heteroatoms. The number of rotatable bonds is 2. The van der Waals surface area contributed by atoms with Crippen LogP contribution in [0.15, 0.2) is 21.9 Å². The van der Waals surface area contributed by atoms with Crippen molar-refractivity contribution in [3.8, 4) is 0 Å². The molecule has 2 aromatic rings. The smallest absolute Gasteiger partial charge is 0.323 e. The molecule has 1 atom stereocenters. The Kier molecular flexibility index (Phi) is 7.38. The van der Waals surface area contributed by atoms with Crippen LogP contribution in [0.5, 0.6) is 0 Å². The van der Waals surface area contributed by atoms with Gasteiger partial charge in [-0.05, 0) is 11.5 Å². The summed E-state index contributed by atoms with van der Waals surface area (Å²) in [6.45, 7) is 5.59. The van der Waals surface area contributed by atoms with Crippen molar-refractivity contribution in [1.82, 2.24) is 14.1 Å². The summed E-state index contributed by atoms with van der Waals surface area (Å²) in [5.74, 6) is -0.361. The zero-order chi connectivity index (χ0) is 17.5. The third-order valence-corrected chi connectivity index (χ3v) is 3.78. The second-order valence-electron chi connectivity index (χ2n) is 6.63. The number of hydrogen-bond acceptors (Lipinski definition) is 5. The molecule has 1 amide bonds. The van der Waals surface area contributed by atoms with Crippen LogP contribution in [0.2, 0.25) is 0 Å². The summed E-state index contributed by atoms with van der Waals surface area (Å²) in [6.07, 6.45) is 1.40. The molecule has 0 unspecified atom stereocenters. The first kappa shape index (κ1) is 23.1. The number of amides is 1. The minimum absolute atomic E-state index is 0. The summed E-state index contributed by atoms with van der Waals surface area (Å²) >= 11 is 0. The van der Waals surface area contributed by atoms with Gasteiger partial charge in [0.25, 0.3) is 5.56 Å². The number of pyridine rings is 1. The second-order valence-corrected chi connectivity index (χ2v) is 6.63. The molecule has 2 heterocycles. The van der Waals surface area contributed by atoms with Crippen molar-refractivity contribution in [2.24, 2.45) is 25.2 Å². The molecule has 0 aliphatic heterocycles. The van der Waals surface area contributed by atoms with E-state index in [4.69, 9.17) is 5.73 Å². The van der Waals surface area contributed by atoms with E-state index in [1.165, 1.54) is 30.9 Å². The maximum Gasteiger partial charge on any atom is 0.332 e. The maximum absolute atomic E-state index is 12.2. The van der Waals surface area contributed by atoms with E-state index in [1.807, 2.05) is 20.8 Å². The number of nitrogens with one attached hydrogen (secondary N) is 1. The summed E-state index contributed by atoms with van der Waals surface area (Å²) in [7, 11) is 2.93. The number of halogens is 2. The molecule has 0 aromatic carbocycles.